The topological polar surface area (TPSA) is 55.3 Å². The normalized spacial score (nSPS) is 31.7. The van der Waals surface area contributed by atoms with Crippen LogP contribution in [0.3, 0.4) is 0 Å². The van der Waals surface area contributed by atoms with Crippen LogP contribution >= 0.6 is 0 Å². The number of anilines is 1. The molecule has 0 bridgehead atoms. The van der Waals surface area contributed by atoms with Crippen LogP contribution in [-0.2, 0) is 0 Å². The molecule has 0 aromatic heterocycles. The maximum atomic E-state index is 6.13. The highest BCUT2D eigenvalue weighted by atomic mass is 15.2. The van der Waals surface area contributed by atoms with Crippen LogP contribution in [0.15, 0.2) is 30.3 Å². The van der Waals surface area contributed by atoms with Gasteiger partial charge >= 0.3 is 0 Å². The summed E-state index contributed by atoms with van der Waals surface area (Å²) >= 11 is 0. The number of hydrogen-bond donors (Lipinski definition) is 2. The van der Waals surface area contributed by atoms with Crippen LogP contribution in [-0.4, -0.2) is 18.8 Å². The van der Waals surface area contributed by atoms with E-state index in [-0.39, 0.29) is 12.2 Å². The van der Waals surface area contributed by atoms with Gasteiger partial charge in [-0.25, -0.2) is 0 Å². The first-order valence-electron chi connectivity index (χ1n) is 5.51. The molecule has 3 unspecified atom stereocenters. The van der Waals surface area contributed by atoms with Crippen LogP contribution in [0.2, 0.25) is 0 Å². The van der Waals surface area contributed by atoms with Gasteiger partial charge in [-0.2, -0.15) is 0 Å². The second-order valence-corrected chi connectivity index (χ2v) is 4.43. The van der Waals surface area contributed by atoms with Gasteiger partial charge in [0, 0.05) is 18.3 Å². The number of nitrogens with two attached hydrogens (primary N) is 2. The molecule has 1 fully saturated rings. The molecule has 4 N–H and O–H groups in total. The molecule has 0 aliphatic carbocycles. The van der Waals surface area contributed by atoms with E-state index in [1.165, 1.54) is 5.69 Å². The lowest BCUT2D eigenvalue weighted by molar-refractivity contribution is 0.324. The maximum Gasteiger partial charge on any atom is 0.0774 e. The molecular formula is C12H19N3. The van der Waals surface area contributed by atoms with E-state index in [0.29, 0.717) is 5.92 Å². The lowest BCUT2D eigenvalue weighted by Crippen LogP contribution is -2.56. The van der Waals surface area contributed by atoms with Crippen molar-refractivity contribution >= 4 is 5.69 Å². The fourth-order valence-electron chi connectivity index (χ4n) is 2.14. The van der Waals surface area contributed by atoms with Crippen LogP contribution in [0, 0.1) is 5.92 Å². The predicted molar refractivity (Wildman–Crippen MR) is 63.5 cm³/mol. The lowest BCUT2D eigenvalue weighted by Gasteiger charge is -2.41. The van der Waals surface area contributed by atoms with E-state index in [4.69, 9.17) is 11.5 Å². The van der Waals surface area contributed by atoms with Crippen LogP contribution < -0.4 is 16.4 Å². The van der Waals surface area contributed by atoms with Crippen LogP contribution in [0.5, 0.6) is 0 Å². The molecule has 1 aliphatic rings. The highest BCUT2D eigenvalue weighted by Gasteiger charge is 2.28. The van der Waals surface area contributed by atoms with Gasteiger partial charge in [0.1, 0.15) is 0 Å². The molecule has 1 heterocycles. The van der Waals surface area contributed by atoms with Gasteiger partial charge in [-0.15, -0.1) is 0 Å². The largest absolute Gasteiger partial charge is 0.355 e. The molecule has 1 aliphatic heterocycles. The lowest BCUT2D eigenvalue weighted by atomic mass is 9.92. The molecule has 1 saturated heterocycles. The first kappa shape index (κ1) is 10.5. The van der Waals surface area contributed by atoms with E-state index in [2.05, 4.69) is 24.0 Å². The molecule has 1 aromatic rings. The zero-order valence-electron chi connectivity index (χ0n) is 9.13. The molecule has 0 radical (unpaired) electrons. The first-order chi connectivity index (χ1) is 7.18. The summed E-state index contributed by atoms with van der Waals surface area (Å²) in [7, 11) is 0. The molecular weight excluding hydrogens is 186 g/mol. The molecule has 0 spiro atoms. The molecule has 0 amide bonds. The Labute approximate surface area is 91.1 Å². The maximum absolute atomic E-state index is 6.13. The van der Waals surface area contributed by atoms with Gasteiger partial charge in [-0.1, -0.05) is 25.1 Å². The average Bonchev–Trinajstić information content (AvgIpc) is 2.25. The van der Waals surface area contributed by atoms with E-state index < -0.39 is 0 Å². The van der Waals surface area contributed by atoms with E-state index in [0.717, 1.165) is 13.0 Å². The minimum absolute atomic E-state index is 0.0993. The number of rotatable bonds is 1. The van der Waals surface area contributed by atoms with Crippen molar-refractivity contribution in [3.05, 3.63) is 30.3 Å². The van der Waals surface area contributed by atoms with Gasteiger partial charge in [0.2, 0.25) is 0 Å². The molecule has 3 nitrogen and oxygen atoms in total. The summed E-state index contributed by atoms with van der Waals surface area (Å²) in [5, 5.41) is 0. The zero-order chi connectivity index (χ0) is 10.8. The molecule has 82 valence electrons. The number of hydrogen-bond acceptors (Lipinski definition) is 3. The van der Waals surface area contributed by atoms with Crippen molar-refractivity contribution in [2.45, 2.75) is 25.6 Å². The second-order valence-electron chi connectivity index (χ2n) is 4.43. The van der Waals surface area contributed by atoms with Crippen LogP contribution in [0.4, 0.5) is 5.69 Å². The molecule has 3 heteroatoms. The quantitative estimate of drug-likeness (QED) is 0.723. The van der Waals surface area contributed by atoms with Gasteiger partial charge in [0.05, 0.1) is 6.17 Å². The third kappa shape index (κ3) is 2.13. The fraction of sp³-hybridized carbons (Fsp3) is 0.500. The summed E-state index contributed by atoms with van der Waals surface area (Å²) in [4.78, 5) is 2.20. The van der Waals surface area contributed by atoms with Crippen LogP contribution in [0.25, 0.3) is 0 Å². The van der Waals surface area contributed by atoms with Crippen molar-refractivity contribution in [1.29, 1.82) is 0 Å². The minimum Gasteiger partial charge on any atom is -0.355 e. The number of nitrogens with zero attached hydrogens (tertiary/aromatic N) is 1. The number of para-hydroxylation sites is 1. The Kier molecular flexibility index (Phi) is 2.93. The van der Waals surface area contributed by atoms with E-state index in [9.17, 15) is 0 Å². The Morgan fingerprint density at radius 1 is 1.20 bits per heavy atom. The third-order valence-corrected chi connectivity index (χ3v) is 3.24. The Bertz CT molecular complexity index is 312. The predicted octanol–water partition coefficient (Wildman–Crippen LogP) is 1.14. The molecule has 3 atom stereocenters. The Morgan fingerprint density at radius 3 is 2.53 bits per heavy atom. The Balaban J connectivity index is 2.16. The standard InChI is InChI=1S/C12H19N3/c1-9-7-12(14)15(8-11(9)13)10-5-3-2-4-6-10/h2-6,9,11-12H,7-8,13-14H2,1H3. The van der Waals surface area contributed by atoms with Crippen molar-refractivity contribution in [3.8, 4) is 0 Å². The van der Waals surface area contributed by atoms with Crippen molar-refractivity contribution in [1.82, 2.24) is 0 Å². The SMILES string of the molecule is CC1CC(N)N(c2ccccc2)CC1N. The Hall–Kier alpha value is -1.06. The zero-order valence-corrected chi connectivity index (χ0v) is 9.13. The Morgan fingerprint density at radius 2 is 1.87 bits per heavy atom. The summed E-state index contributed by atoms with van der Waals surface area (Å²) in [6, 6.07) is 10.5. The summed E-state index contributed by atoms with van der Waals surface area (Å²) < 4.78 is 0. The van der Waals surface area contributed by atoms with Gasteiger partial charge in [0.25, 0.3) is 0 Å². The van der Waals surface area contributed by atoms with Gasteiger partial charge in [0.15, 0.2) is 0 Å². The molecule has 1 aromatic carbocycles. The van der Waals surface area contributed by atoms with Gasteiger partial charge in [-0.05, 0) is 24.5 Å². The second kappa shape index (κ2) is 4.21. The van der Waals surface area contributed by atoms with Gasteiger partial charge < -0.3 is 16.4 Å². The minimum atomic E-state index is 0.0993. The van der Waals surface area contributed by atoms with E-state index in [1.54, 1.807) is 0 Å². The monoisotopic (exact) mass is 205 g/mol. The van der Waals surface area contributed by atoms with E-state index >= 15 is 0 Å². The van der Waals surface area contributed by atoms with Gasteiger partial charge in [-0.3, -0.25) is 0 Å². The molecule has 15 heavy (non-hydrogen) atoms. The highest BCUT2D eigenvalue weighted by Crippen LogP contribution is 2.24. The smallest absolute Gasteiger partial charge is 0.0774 e. The first-order valence-corrected chi connectivity index (χ1v) is 5.51. The summed E-state index contributed by atoms with van der Waals surface area (Å²) in [6.45, 7) is 3.03. The van der Waals surface area contributed by atoms with Crippen molar-refractivity contribution < 1.29 is 0 Å². The third-order valence-electron chi connectivity index (χ3n) is 3.24. The summed E-state index contributed by atoms with van der Waals surface area (Å²) in [5.74, 6) is 0.514. The average molecular weight is 205 g/mol. The van der Waals surface area contributed by atoms with Crippen molar-refractivity contribution in [3.63, 3.8) is 0 Å². The van der Waals surface area contributed by atoms with Crippen molar-refractivity contribution in [2.75, 3.05) is 11.4 Å². The van der Waals surface area contributed by atoms with Crippen LogP contribution in [0.1, 0.15) is 13.3 Å². The molecule has 2 rings (SSSR count). The molecule has 0 saturated carbocycles. The fourth-order valence-corrected chi connectivity index (χ4v) is 2.14. The summed E-state index contributed by atoms with van der Waals surface area (Å²) in [6.07, 6.45) is 1.07. The van der Waals surface area contributed by atoms with E-state index in [1.807, 2.05) is 18.2 Å². The summed E-state index contributed by atoms with van der Waals surface area (Å²) in [5.41, 5.74) is 13.4. The number of piperidine rings is 1. The van der Waals surface area contributed by atoms with Crippen molar-refractivity contribution in [2.24, 2.45) is 17.4 Å². The number of benzene rings is 1. The highest BCUT2D eigenvalue weighted by molar-refractivity contribution is 5.47.